The van der Waals surface area contributed by atoms with E-state index in [4.69, 9.17) is 9.47 Å². The van der Waals surface area contributed by atoms with Crippen LogP contribution in [-0.2, 0) is 25.2 Å². The van der Waals surface area contributed by atoms with Gasteiger partial charge < -0.3 is 19.7 Å². The first-order chi connectivity index (χ1) is 13.8. The second-order valence-electron chi connectivity index (χ2n) is 7.32. The predicted octanol–water partition coefficient (Wildman–Crippen LogP) is 3.60. The summed E-state index contributed by atoms with van der Waals surface area (Å²) in [7, 11) is 0. The Morgan fingerprint density at radius 1 is 1.14 bits per heavy atom. The van der Waals surface area contributed by atoms with Crippen LogP contribution in [-0.4, -0.2) is 44.8 Å². The summed E-state index contributed by atoms with van der Waals surface area (Å²) >= 11 is 0. The number of nitrogens with one attached hydrogen (secondary N) is 1. The lowest BCUT2D eigenvalue weighted by Gasteiger charge is -2.31. The summed E-state index contributed by atoms with van der Waals surface area (Å²) < 4.78 is 49.7. The number of hydrogen-bond donors (Lipinski definition) is 1. The van der Waals surface area contributed by atoms with E-state index in [2.05, 4.69) is 5.32 Å². The maximum atomic E-state index is 13.1. The van der Waals surface area contributed by atoms with E-state index in [1.54, 1.807) is 0 Å². The molecule has 2 aliphatic rings. The molecule has 0 spiro atoms. The van der Waals surface area contributed by atoms with Crippen LogP contribution in [0.15, 0.2) is 18.2 Å². The van der Waals surface area contributed by atoms with Gasteiger partial charge in [0, 0.05) is 13.1 Å². The van der Waals surface area contributed by atoms with Crippen LogP contribution in [0, 0.1) is 5.92 Å². The van der Waals surface area contributed by atoms with Crippen LogP contribution in [0.4, 0.5) is 24.5 Å². The van der Waals surface area contributed by atoms with Crippen LogP contribution in [0.1, 0.15) is 37.7 Å². The highest BCUT2D eigenvalue weighted by Crippen LogP contribution is 2.35. The van der Waals surface area contributed by atoms with E-state index in [1.165, 1.54) is 6.07 Å². The molecule has 2 fully saturated rings. The second kappa shape index (κ2) is 9.47. The molecule has 29 heavy (non-hydrogen) atoms. The maximum absolute atomic E-state index is 13.1. The summed E-state index contributed by atoms with van der Waals surface area (Å²) in [5.74, 6) is -1.28. The zero-order valence-corrected chi connectivity index (χ0v) is 16.1. The molecule has 1 heterocycles. The first kappa shape index (κ1) is 21.4. The van der Waals surface area contributed by atoms with Crippen molar-refractivity contribution in [2.24, 2.45) is 5.92 Å². The van der Waals surface area contributed by atoms with Crippen molar-refractivity contribution in [3.8, 4) is 0 Å². The van der Waals surface area contributed by atoms with Gasteiger partial charge in [-0.1, -0.05) is 19.3 Å². The van der Waals surface area contributed by atoms with E-state index in [0.717, 1.165) is 44.2 Å². The number of carbonyl (C=O) groups excluding carboxylic acids is 2. The first-order valence-corrected chi connectivity index (χ1v) is 9.85. The zero-order chi connectivity index (χ0) is 20.9. The van der Waals surface area contributed by atoms with E-state index in [9.17, 15) is 22.8 Å². The lowest BCUT2D eigenvalue weighted by Crippen LogP contribution is -2.37. The summed E-state index contributed by atoms with van der Waals surface area (Å²) in [4.78, 5) is 26.2. The van der Waals surface area contributed by atoms with Crippen molar-refractivity contribution in [2.75, 3.05) is 43.1 Å². The highest BCUT2D eigenvalue weighted by molar-refractivity contribution is 5.96. The number of nitrogens with zero attached hydrogens (tertiary/aromatic N) is 1. The predicted molar refractivity (Wildman–Crippen MR) is 101 cm³/mol. The Labute approximate surface area is 167 Å². The smallest absolute Gasteiger partial charge is 0.416 e. The number of esters is 1. The van der Waals surface area contributed by atoms with Gasteiger partial charge in [0.15, 0.2) is 6.61 Å². The summed E-state index contributed by atoms with van der Waals surface area (Å²) in [5, 5.41) is 2.48. The van der Waals surface area contributed by atoms with E-state index < -0.39 is 30.2 Å². The van der Waals surface area contributed by atoms with Crippen molar-refractivity contribution < 1.29 is 32.2 Å². The number of amides is 1. The van der Waals surface area contributed by atoms with Crippen LogP contribution in [0.25, 0.3) is 0 Å². The molecule has 1 saturated carbocycles. The number of benzene rings is 1. The highest BCUT2D eigenvalue weighted by atomic mass is 19.4. The van der Waals surface area contributed by atoms with E-state index in [0.29, 0.717) is 32.0 Å². The molecular formula is C20H25F3N2O4. The number of carbonyl (C=O) groups is 2. The van der Waals surface area contributed by atoms with Crippen LogP contribution >= 0.6 is 0 Å². The number of ether oxygens (including phenoxy) is 2. The fourth-order valence-electron chi connectivity index (χ4n) is 3.67. The van der Waals surface area contributed by atoms with Gasteiger partial charge in [0.25, 0.3) is 5.91 Å². The summed E-state index contributed by atoms with van der Waals surface area (Å²) in [6.07, 6.45) is -0.0384. The largest absolute Gasteiger partial charge is 0.455 e. The first-order valence-electron chi connectivity index (χ1n) is 9.85. The molecule has 160 valence electrons. The van der Waals surface area contributed by atoms with Crippen molar-refractivity contribution >= 4 is 23.3 Å². The van der Waals surface area contributed by atoms with Gasteiger partial charge in [0.05, 0.1) is 36.1 Å². The maximum Gasteiger partial charge on any atom is 0.416 e. The fraction of sp³-hybridized carbons (Fsp3) is 0.600. The molecule has 1 N–H and O–H groups in total. The molecule has 1 aromatic rings. The standard InChI is InChI=1S/C20H25F3N2O4/c21-20(22,23)15-6-7-17(25-8-10-28-11-9-25)16(12-15)24-18(26)13-29-19(27)14-4-2-1-3-5-14/h6-7,12,14H,1-5,8-11,13H2,(H,24,26). The number of morpholine rings is 1. The van der Waals surface area contributed by atoms with Gasteiger partial charge in [-0.05, 0) is 31.0 Å². The molecule has 0 aromatic heterocycles. The average Bonchev–Trinajstić information content (AvgIpc) is 2.72. The van der Waals surface area contributed by atoms with Gasteiger partial charge in [-0.15, -0.1) is 0 Å². The molecule has 1 aliphatic carbocycles. The van der Waals surface area contributed by atoms with Crippen molar-refractivity contribution in [2.45, 2.75) is 38.3 Å². The molecule has 0 radical (unpaired) electrons. The van der Waals surface area contributed by atoms with Gasteiger partial charge in [0.1, 0.15) is 0 Å². The third kappa shape index (κ3) is 5.85. The Morgan fingerprint density at radius 2 is 1.83 bits per heavy atom. The fourth-order valence-corrected chi connectivity index (χ4v) is 3.67. The Bertz CT molecular complexity index is 727. The molecule has 9 heteroatoms. The third-order valence-electron chi connectivity index (χ3n) is 5.23. The van der Waals surface area contributed by atoms with Crippen LogP contribution < -0.4 is 10.2 Å². The van der Waals surface area contributed by atoms with Crippen molar-refractivity contribution in [1.29, 1.82) is 0 Å². The highest BCUT2D eigenvalue weighted by Gasteiger charge is 2.32. The van der Waals surface area contributed by atoms with Gasteiger partial charge in [-0.2, -0.15) is 13.2 Å². The lowest BCUT2D eigenvalue weighted by atomic mass is 9.89. The molecule has 1 aromatic carbocycles. The summed E-state index contributed by atoms with van der Waals surface area (Å²) in [6, 6.07) is 3.24. The average molecular weight is 414 g/mol. The molecule has 1 saturated heterocycles. The number of hydrogen-bond acceptors (Lipinski definition) is 5. The molecule has 1 amide bonds. The van der Waals surface area contributed by atoms with Crippen LogP contribution in [0.5, 0.6) is 0 Å². The Balaban J connectivity index is 1.68. The van der Waals surface area contributed by atoms with Gasteiger partial charge in [-0.3, -0.25) is 9.59 Å². The normalized spacial score (nSPS) is 18.4. The third-order valence-corrected chi connectivity index (χ3v) is 5.23. The molecule has 0 bridgehead atoms. The van der Waals surface area contributed by atoms with Gasteiger partial charge in [-0.25, -0.2) is 0 Å². The Morgan fingerprint density at radius 3 is 2.48 bits per heavy atom. The minimum atomic E-state index is -4.53. The monoisotopic (exact) mass is 414 g/mol. The van der Waals surface area contributed by atoms with E-state index in [-0.39, 0.29) is 11.6 Å². The SMILES string of the molecule is O=C(COC(=O)C1CCCCC1)Nc1cc(C(F)(F)F)ccc1N1CCOCC1. The van der Waals surface area contributed by atoms with E-state index >= 15 is 0 Å². The zero-order valence-electron chi connectivity index (χ0n) is 16.1. The minimum absolute atomic E-state index is 0.0421. The number of alkyl halides is 3. The second-order valence-corrected chi connectivity index (χ2v) is 7.32. The van der Waals surface area contributed by atoms with Crippen LogP contribution in [0.2, 0.25) is 0 Å². The van der Waals surface area contributed by atoms with Crippen LogP contribution in [0.3, 0.4) is 0 Å². The number of rotatable bonds is 5. The number of halogens is 3. The number of anilines is 2. The summed E-state index contributed by atoms with van der Waals surface area (Å²) in [6.45, 7) is 1.39. The molecule has 6 nitrogen and oxygen atoms in total. The molecular weight excluding hydrogens is 389 g/mol. The van der Waals surface area contributed by atoms with Gasteiger partial charge in [0.2, 0.25) is 0 Å². The molecule has 0 unspecified atom stereocenters. The van der Waals surface area contributed by atoms with Crippen molar-refractivity contribution in [3.63, 3.8) is 0 Å². The quantitative estimate of drug-likeness (QED) is 0.746. The summed E-state index contributed by atoms with van der Waals surface area (Å²) in [5.41, 5.74) is -0.335. The Kier molecular flexibility index (Phi) is 7.00. The van der Waals surface area contributed by atoms with Crippen molar-refractivity contribution in [3.05, 3.63) is 23.8 Å². The van der Waals surface area contributed by atoms with Crippen molar-refractivity contribution in [1.82, 2.24) is 0 Å². The Hall–Kier alpha value is -2.29. The van der Waals surface area contributed by atoms with Gasteiger partial charge >= 0.3 is 12.1 Å². The topological polar surface area (TPSA) is 67.9 Å². The lowest BCUT2D eigenvalue weighted by molar-refractivity contribution is -0.152. The van der Waals surface area contributed by atoms with E-state index in [1.807, 2.05) is 4.90 Å². The minimum Gasteiger partial charge on any atom is -0.455 e. The molecule has 3 rings (SSSR count). The molecule has 0 atom stereocenters. The molecule has 1 aliphatic heterocycles.